The fourth-order valence-corrected chi connectivity index (χ4v) is 4.77. The number of ether oxygens (including phenoxy) is 3. The molecule has 2 heterocycles. The number of carbonyl (C=O) groups excluding carboxylic acids is 2. The summed E-state index contributed by atoms with van der Waals surface area (Å²) in [6.45, 7) is 2.06. The molecule has 1 aromatic heterocycles. The molecular weight excluding hydrogens is 520 g/mol. The highest BCUT2D eigenvalue weighted by molar-refractivity contribution is 7.99. The minimum Gasteiger partial charge on any atom is -0.465 e. The van der Waals surface area contributed by atoms with Gasteiger partial charge in [-0.15, -0.1) is 0 Å². The summed E-state index contributed by atoms with van der Waals surface area (Å²) in [7, 11) is 0. The Hall–Kier alpha value is -3.51. The molecule has 0 aliphatic carbocycles. The molecule has 39 heavy (non-hydrogen) atoms. The lowest BCUT2D eigenvalue weighted by Gasteiger charge is -2.36. The summed E-state index contributed by atoms with van der Waals surface area (Å²) in [5.41, 5.74) is 3.59. The van der Waals surface area contributed by atoms with E-state index >= 15 is 0 Å². The van der Waals surface area contributed by atoms with Gasteiger partial charge in [0.2, 0.25) is 0 Å². The number of nitrogens with one attached hydrogen (secondary N) is 2. The highest BCUT2D eigenvalue weighted by atomic mass is 32.2. The first-order valence-electron chi connectivity index (χ1n) is 12.7. The average molecular weight is 553 g/mol. The zero-order valence-corrected chi connectivity index (χ0v) is 22.4. The van der Waals surface area contributed by atoms with Gasteiger partial charge in [0.1, 0.15) is 6.54 Å². The number of carbonyl (C=O) groups is 2. The molecule has 0 saturated carbocycles. The van der Waals surface area contributed by atoms with Crippen LogP contribution in [0.3, 0.4) is 0 Å². The van der Waals surface area contributed by atoms with Crippen molar-refractivity contribution in [1.82, 2.24) is 20.6 Å². The number of amides is 2. The number of aliphatic hydroxyl groups excluding tert-OH is 1. The normalized spacial score (nSPS) is 18.8. The van der Waals surface area contributed by atoms with Crippen LogP contribution in [-0.2, 0) is 32.2 Å². The monoisotopic (exact) mass is 552 g/mol. The summed E-state index contributed by atoms with van der Waals surface area (Å²) in [5, 5.41) is 15.3. The van der Waals surface area contributed by atoms with E-state index < -0.39 is 18.3 Å². The zero-order valence-electron chi connectivity index (χ0n) is 21.6. The van der Waals surface area contributed by atoms with Crippen molar-refractivity contribution in [3.05, 3.63) is 89.2 Å². The number of esters is 1. The van der Waals surface area contributed by atoms with E-state index in [9.17, 15) is 14.7 Å². The summed E-state index contributed by atoms with van der Waals surface area (Å²) in [6.07, 6.45) is 3.22. The van der Waals surface area contributed by atoms with Crippen LogP contribution in [0, 0.1) is 0 Å². The Labute approximate surface area is 231 Å². The van der Waals surface area contributed by atoms with Gasteiger partial charge < -0.3 is 30.0 Å². The molecule has 2 aromatic carbocycles. The minimum absolute atomic E-state index is 0.0118. The first-order valence-corrected chi connectivity index (χ1v) is 13.7. The maximum atomic E-state index is 12.0. The van der Waals surface area contributed by atoms with Crippen LogP contribution in [0.15, 0.2) is 72.1 Å². The highest BCUT2D eigenvalue weighted by Gasteiger charge is 2.32. The summed E-state index contributed by atoms with van der Waals surface area (Å²) >= 11 is 1.54. The Bertz CT molecular complexity index is 1200. The van der Waals surface area contributed by atoms with Crippen molar-refractivity contribution in [1.29, 1.82) is 0 Å². The molecule has 1 aliphatic heterocycles. The van der Waals surface area contributed by atoms with Crippen molar-refractivity contribution in [3.63, 3.8) is 0 Å². The van der Waals surface area contributed by atoms with E-state index in [1.165, 1.54) is 11.8 Å². The number of rotatable bonds is 11. The van der Waals surface area contributed by atoms with Crippen LogP contribution in [0.4, 0.5) is 4.79 Å². The van der Waals surface area contributed by atoms with Crippen LogP contribution in [-0.4, -0.2) is 52.1 Å². The molecular formula is C28H32N4O6S. The SMILES string of the molecule is CCOC(=O)CNC(=O)NCc1ccc(C2OC(CSc3ncccn3)CC(c3ccc(CO)cc3)O2)cc1. The first-order chi connectivity index (χ1) is 19.0. The summed E-state index contributed by atoms with van der Waals surface area (Å²) in [5.74, 6) is 0.179. The minimum atomic E-state index is -0.585. The Morgan fingerprint density at radius 1 is 1.00 bits per heavy atom. The van der Waals surface area contributed by atoms with Crippen LogP contribution in [0.25, 0.3) is 0 Å². The standard InChI is InChI=1S/C28H32N4O6S/c1-2-36-25(34)16-32-27(35)31-15-19-4-10-22(11-5-19)26-37-23(18-39-28-29-12-3-13-30-28)14-24(38-26)21-8-6-20(17-33)7-9-21/h3-13,23-24,26,33H,2,14-18H2,1H3,(H2,31,32,35). The van der Waals surface area contributed by atoms with Crippen LogP contribution < -0.4 is 10.6 Å². The van der Waals surface area contributed by atoms with E-state index in [1.54, 1.807) is 25.4 Å². The topological polar surface area (TPSA) is 132 Å². The van der Waals surface area contributed by atoms with E-state index in [4.69, 9.17) is 14.2 Å². The van der Waals surface area contributed by atoms with Crippen LogP contribution in [0.5, 0.6) is 0 Å². The van der Waals surface area contributed by atoms with Crippen LogP contribution in [0.1, 0.15) is 48.0 Å². The van der Waals surface area contributed by atoms with E-state index in [0.29, 0.717) is 17.3 Å². The van der Waals surface area contributed by atoms with E-state index in [1.807, 2.05) is 48.5 Å². The summed E-state index contributed by atoms with van der Waals surface area (Å²) in [6, 6.07) is 16.7. The van der Waals surface area contributed by atoms with Crippen molar-refractivity contribution in [3.8, 4) is 0 Å². The quantitative estimate of drug-likeness (QED) is 0.185. The molecule has 0 bridgehead atoms. The maximum absolute atomic E-state index is 12.0. The van der Waals surface area contributed by atoms with Gasteiger partial charge in [-0.1, -0.05) is 60.3 Å². The molecule has 0 radical (unpaired) electrons. The lowest BCUT2D eigenvalue weighted by atomic mass is 10.0. The molecule has 3 aromatic rings. The van der Waals surface area contributed by atoms with E-state index in [0.717, 1.165) is 22.3 Å². The van der Waals surface area contributed by atoms with Gasteiger partial charge in [-0.25, -0.2) is 14.8 Å². The summed E-state index contributed by atoms with van der Waals surface area (Å²) in [4.78, 5) is 31.9. The predicted octanol–water partition coefficient (Wildman–Crippen LogP) is 3.67. The third-order valence-corrected chi connectivity index (χ3v) is 6.97. The van der Waals surface area contributed by atoms with Gasteiger partial charge in [-0.2, -0.15) is 0 Å². The van der Waals surface area contributed by atoms with Crippen molar-refractivity contribution < 1.29 is 28.9 Å². The Balaban J connectivity index is 1.39. The molecule has 4 rings (SSSR count). The van der Waals surface area contributed by atoms with Gasteiger partial charge >= 0.3 is 12.0 Å². The fraction of sp³-hybridized carbons (Fsp3) is 0.357. The molecule has 206 valence electrons. The van der Waals surface area contributed by atoms with E-state index in [2.05, 4.69) is 20.6 Å². The fourth-order valence-electron chi connectivity index (χ4n) is 3.95. The lowest BCUT2D eigenvalue weighted by molar-refractivity contribution is -0.245. The largest absolute Gasteiger partial charge is 0.465 e. The number of nitrogens with zero attached hydrogens (tertiary/aromatic N) is 2. The van der Waals surface area contributed by atoms with Gasteiger partial charge in [-0.3, -0.25) is 4.79 Å². The van der Waals surface area contributed by atoms with Crippen molar-refractivity contribution >= 4 is 23.8 Å². The van der Waals surface area contributed by atoms with Gasteiger partial charge in [-0.05, 0) is 29.7 Å². The molecule has 0 spiro atoms. The molecule has 3 unspecified atom stereocenters. The molecule has 2 amide bonds. The molecule has 1 fully saturated rings. The van der Waals surface area contributed by atoms with Crippen LogP contribution in [0.2, 0.25) is 0 Å². The second-order valence-electron chi connectivity index (χ2n) is 8.78. The number of hydrogen-bond acceptors (Lipinski definition) is 9. The third kappa shape index (κ3) is 8.75. The smallest absolute Gasteiger partial charge is 0.325 e. The Kier molecular flexibility index (Phi) is 10.7. The molecule has 10 nitrogen and oxygen atoms in total. The second kappa shape index (κ2) is 14.6. The highest BCUT2D eigenvalue weighted by Crippen LogP contribution is 2.39. The second-order valence-corrected chi connectivity index (χ2v) is 9.76. The number of benzene rings is 2. The molecule has 1 aliphatic rings. The molecule has 11 heteroatoms. The molecule has 3 N–H and O–H groups in total. The lowest BCUT2D eigenvalue weighted by Crippen LogP contribution is -2.38. The van der Waals surface area contributed by atoms with Crippen molar-refractivity contribution in [2.24, 2.45) is 0 Å². The summed E-state index contributed by atoms with van der Waals surface area (Å²) < 4.78 is 17.5. The zero-order chi connectivity index (χ0) is 27.5. The van der Waals surface area contributed by atoms with Gasteiger partial charge in [0.15, 0.2) is 11.4 Å². The number of thioether (sulfide) groups is 1. The Morgan fingerprint density at radius 3 is 2.38 bits per heavy atom. The van der Waals surface area contributed by atoms with Gasteiger partial charge in [0, 0.05) is 36.7 Å². The number of hydrogen-bond donors (Lipinski definition) is 3. The predicted molar refractivity (Wildman–Crippen MR) is 144 cm³/mol. The number of urea groups is 1. The molecule has 3 atom stereocenters. The number of aromatic nitrogens is 2. The average Bonchev–Trinajstić information content (AvgIpc) is 2.99. The van der Waals surface area contributed by atoms with Crippen molar-refractivity contribution in [2.75, 3.05) is 18.9 Å². The number of aliphatic hydroxyl groups is 1. The van der Waals surface area contributed by atoms with E-state index in [-0.39, 0.29) is 38.5 Å². The first kappa shape index (κ1) is 28.5. The van der Waals surface area contributed by atoms with Gasteiger partial charge in [0.05, 0.1) is 25.4 Å². The Morgan fingerprint density at radius 2 is 1.69 bits per heavy atom. The van der Waals surface area contributed by atoms with Crippen LogP contribution >= 0.6 is 11.8 Å². The van der Waals surface area contributed by atoms with Crippen molar-refractivity contribution in [2.45, 2.75) is 50.2 Å². The third-order valence-electron chi connectivity index (χ3n) is 5.96. The van der Waals surface area contributed by atoms with Gasteiger partial charge in [0.25, 0.3) is 0 Å². The molecule has 1 saturated heterocycles. The maximum Gasteiger partial charge on any atom is 0.325 e.